The number of amides is 1. The molecule has 122 valence electrons. The first-order valence-electron chi connectivity index (χ1n) is 8.42. The Hall–Kier alpha value is -0.650. The molecule has 0 heterocycles. The van der Waals surface area contributed by atoms with E-state index in [-0.39, 0.29) is 5.91 Å². The summed E-state index contributed by atoms with van der Waals surface area (Å²) in [7, 11) is 4.20. The van der Waals surface area contributed by atoms with Crippen LogP contribution < -0.4 is 11.1 Å². The number of hydrogen-bond acceptors (Lipinski definition) is 4. The van der Waals surface area contributed by atoms with Crippen molar-refractivity contribution in [3.05, 3.63) is 0 Å². The maximum atomic E-state index is 12.2. The Morgan fingerprint density at radius 3 is 2.33 bits per heavy atom. The summed E-state index contributed by atoms with van der Waals surface area (Å²) in [5, 5.41) is 3.60. The zero-order chi connectivity index (χ0) is 15.5. The lowest BCUT2D eigenvalue weighted by Gasteiger charge is -2.37. The van der Waals surface area contributed by atoms with E-state index in [9.17, 15) is 4.79 Å². The maximum Gasteiger partial charge on any atom is 0.239 e. The highest BCUT2D eigenvalue weighted by molar-refractivity contribution is 5.86. The van der Waals surface area contributed by atoms with E-state index in [1.807, 2.05) is 0 Å². The summed E-state index contributed by atoms with van der Waals surface area (Å²) in [6, 6.07) is 0.513. The van der Waals surface area contributed by atoms with Gasteiger partial charge in [0.2, 0.25) is 5.91 Å². The van der Waals surface area contributed by atoms with Gasteiger partial charge in [0.25, 0.3) is 0 Å². The van der Waals surface area contributed by atoms with Gasteiger partial charge in [-0.05, 0) is 71.8 Å². The quantitative estimate of drug-likeness (QED) is 0.587. The average Bonchev–Trinajstić information content (AvgIpc) is 3.26. The summed E-state index contributed by atoms with van der Waals surface area (Å²) in [6.07, 6.45) is 5.78. The van der Waals surface area contributed by atoms with Crippen molar-refractivity contribution < 1.29 is 4.79 Å². The van der Waals surface area contributed by atoms with E-state index in [0.29, 0.717) is 12.0 Å². The molecule has 21 heavy (non-hydrogen) atoms. The number of likely N-dealkylation sites (N-methyl/N-ethyl adjacent to an activating group) is 1. The Morgan fingerprint density at radius 2 is 1.90 bits per heavy atom. The van der Waals surface area contributed by atoms with Crippen LogP contribution in [0.15, 0.2) is 0 Å². The maximum absolute atomic E-state index is 12.2. The lowest BCUT2D eigenvalue weighted by Crippen LogP contribution is -2.64. The van der Waals surface area contributed by atoms with Crippen molar-refractivity contribution in [2.45, 2.75) is 50.6 Å². The van der Waals surface area contributed by atoms with Gasteiger partial charge in [0.05, 0.1) is 0 Å². The molecule has 3 N–H and O–H groups in total. The van der Waals surface area contributed by atoms with Gasteiger partial charge in [-0.2, -0.15) is 0 Å². The molecule has 0 aromatic carbocycles. The Kier molecular flexibility index (Phi) is 5.63. The van der Waals surface area contributed by atoms with Crippen LogP contribution in [-0.4, -0.2) is 67.6 Å². The second kappa shape index (κ2) is 7.07. The van der Waals surface area contributed by atoms with E-state index in [0.717, 1.165) is 45.4 Å². The molecule has 5 nitrogen and oxygen atoms in total. The summed E-state index contributed by atoms with van der Waals surface area (Å²) < 4.78 is 0. The lowest BCUT2D eigenvalue weighted by molar-refractivity contribution is -0.126. The van der Waals surface area contributed by atoms with Gasteiger partial charge in [0.15, 0.2) is 0 Å². The second-order valence-electron chi connectivity index (χ2n) is 7.05. The van der Waals surface area contributed by atoms with E-state index in [4.69, 9.17) is 5.73 Å². The number of carbonyl (C=O) groups excluding carboxylic acids is 1. The van der Waals surface area contributed by atoms with Crippen LogP contribution in [0.1, 0.15) is 39.0 Å². The van der Waals surface area contributed by atoms with Crippen LogP contribution in [0.5, 0.6) is 0 Å². The molecule has 5 heteroatoms. The molecule has 1 amide bonds. The summed E-state index contributed by atoms with van der Waals surface area (Å²) in [6.45, 7) is 6.03. The molecule has 2 aliphatic rings. The molecule has 2 rings (SSSR count). The molecule has 2 fully saturated rings. The van der Waals surface area contributed by atoms with Crippen LogP contribution in [0.4, 0.5) is 0 Å². The highest BCUT2D eigenvalue weighted by Crippen LogP contribution is 2.42. The number of rotatable bonds is 11. The lowest BCUT2D eigenvalue weighted by atomic mass is 9.90. The smallest absolute Gasteiger partial charge is 0.239 e. The summed E-state index contributed by atoms with van der Waals surface area (Å²) >= 11 is 0. The van der Waals surface area contributed by atoms with Crippen molar-refractivity contribution in [2.75, 3.05) is 40.3 Å². The van der Waals surface area contributed by atoms with E-state index in [1.165, 1.54) is 12.8 Å². The first-order chi connectivity index (χ1) is 9.98. The van der Waals surface area contributed by atoms with Crippen LogP contribution in [-0.2, 0) is 4.79 Å². The molecule has 0 aliphatic heterocycles. The molecule has 0 bridgehead atoms. The van der Waals surface area contributed by atoms with Gasteiger partial charge in [-0.1, -0.05) is 6.92 Å². The number of primary amides is 1. The minimum atomic E-state index is -0.491. The monoisotopic (exact) mass is 296 g/mol. The van der Waals surface area contributed by atoms with Crippen molar-refractivity contribution in [2.24, 2.45) is 11.7 Å². The van der Waals surface area contributed by atoms with Gasteiger partial charge >= 0.3 is 0 Å². The van der Waals surface area contributed by atoms with Crippen molar-refractivity contribution in [3.63, 3.8) is 0 Å². The summed E-state index contributed by atoms with van der Waals surface area (Å²) in [4.78, 5) is 16.8. The summed E-state index contributed by atoms with van der Waals surface area (Å²) in [5.74, 6) is 0.293. The van der Waals surface area contributed by atoms with Crippen molar-refractivity contribution in [1.82, 2.24) is 15.1 Å². The molecule has 2 saturated carbocycles. The van der Waals surface area contributed by atoms with Crippen LogP contribution >= 0.6 is 0 Å². The Balaban J connectivity index is 1.96. The molecule has 1 atom stereocenters. The highest BCUT2D eigenvalue weighted by atomic mass is 16.1. The molecule has 0 spiro atoms. The second-order valence-corrected chi connectivity index (χ2v) is 7.05. The van der Waals surface area contributed by atoms with Gasteiger partial charge in [-0.25, -0.2) is 0 Å². The topological polar surface area (TPSA) is 61.6 Å². The Morgan fingerprint density at radius 1 is 1.24 bits per heavy atom. The average molecular weight is 296 g/mol. The van der Waals surface area contributed by atoms with Gasteiger partial charge in [0, 0.05) is 12.6 Å². The molecule has 0 aromatic rings. The van der Waals surface area contributed by atoms with Gasteiger partial charge in [-0.15, -0.1) is 0 Å². The fraction of sp³-hybridized carbons (Fsp3) is 0.938. The first-order valence-corrected chi connectivity index (χ1v) is 8.42. The predicted molar refractivity (Wildman–Crippen MR) is 86.1 cm³/mol. The van der Waals surface area contributed by atoms with Crippen molar-refractivity contribution in [3.8, 4) is 0 Å². The molecule has 2 aliphatic carbocycles. The number of nitrogens with zero attached hydrogens (tertiary/aromatic N) is 2. The number of nitrogens with one attached hydrogen (secondary N) is 1. The molecule has 0 aromatic heterocycles. The van der Waals surface area contributed by atoms with Crippen LogP contribution in [0, 0.1) is 5.92 Å². The minimum Gasteiger partial charge on any atom is -0.368 e. The van der Waals surface area contributed by atoms with E-state index in [2.05, 4.69) is 36.1 Å². The van der Waals surface area contributed by atoms with Crippen LogP contribution in [0.25, 0.3) is 0 Å². The van der Waals surface area contributed by atoms with Gasteiger partial charge in [-0.3, -0.25) is 10.1 Å². The predicted octanol–water partition coefficient (Wildman–Crippen LogP) is 0.646. The molecule has 1 unspecified atom stereocenters. The molecule has 0 saturated heterocycles. The molecule has 0 radical (unpaired) electrons. The fourth-order valence-electron chi connectivity index (χ4n) is 3.12. The molecular formula is C16H32N4O. The zero-order valence-electron chi connectivity index (χ0n) is 13.9. The van der Waals surface area contributed by atoms with E-state index < -0.39 is 5.54 Å². The summed E-state index contributed by atoms with van der Waals surface area (Å²) in [5.41, 5.74) is 5.34. The van der Waals surface area contributed by atoms with Gasteiger partial charge < -0.3 is 15.5 Å². The SMILES string of the molecule is CCN(CCCN(C)C)CC(NC1CC1)(C(N)=O)C1CC1. The normalized spacial score (nSPS) is 21.8. The van der Waals surface area contributed by atoms with Gasteiger partial charge in [0.1, 0.15) is 5.54 Å². The Labute approximate surface area is 129 Å². The van der Waals surface area contributed by atoms with Crippen molar-refractivity contribution in [1.29, 1.82) is 0 Å². The number of hydrogen-bond donors (Lipinski definition) is 2. The van der Waals surface area contributed by atoms with E-state index >= 15 is 0 Å². The fourth-order valence-corrected chi connectivity index (χ4v) is 3.12. The largest absolute Gasteiger partial charge is 0.368 e. The number of nitrogens with two attached hydrogens (primary N) is 1. The number of carbonyl (C=O) groups is 1. The third kappa shape index (κ3) is 4.66. The molecular weight excluding hydrogens is 264 g/mol. The standard InChI is InChI=1S/C16H32N4O/c1-4-20(11-5-10-19(2)3)12-16(15(17)21,13-6-7-13)18-14-8-9-14/h13-14,18H,4-12H2,1-3H3,(H2,17,21). The first kappa shape index (κ1) is 16.7. The Bertz CT molecular complexity index is 352. The van der Waals surface area contributed by atoms with Crippen LogP contribution in [0.2, 0.25) is 0 Å². The van der Waals surface area contributed by atoms with Crippen molar-refractivity contribution >= 4 is 5.91 Å². The third-order valence-corrected chi connectivity index (χ3v) is 4.75. The van der Waals surface area contributed by atoms with E-state index in [1.54, 1.807) is 0 Å². The highest BCUT2D eigenvalue weighted by Gasteiger charge is 2.52. The minimum absolute atomic E-state index is 0.150. The zero-order valence-corrected chi connectivity index (χ0v) is 13.9. The third-order valence-electron chi connectivity index (χ3n) is 4.75. The van der Waals surface area contributed by atoms with Crippen LogP contribution in [0.3, 0.4) is 0 Å².